The minimum atomic E-state index is -1.64. The topological polar surface area (TPSA) is 38.5 Å². The molecule has 118 valence electrons. The van der Waals surface area contributed by atoms with E-state index in [4.69, 9.17) is 10.2 Å². The summed E-state index contributed by atoms with van der Waals surface area (Å²) in [4.78, 5) is 2.38. The largest absolute Gasteiger partial charge is 0.410 e. The number of nitrogens with two attached hydrogens (primary N) is 1. The molecular weight excluding hydrogens is 276 g/mol. The van der Waals surface area contributed by atoms with E-state index in [9.17, 15) is 0 Å². The number of rotatable bonds is 4. The summed E-state index contributed by atoms with van der Waals surface area (Å²) in [5, 5.41) is 0.284. The molecule has 0 spiro atoms. The second-order valence-electron chi connectivity index (χ2n) is 7.79. The molecule has 21 heavy (non-hydrogen) atoms. The predicted molar refractivity (Wildman–Crippen MR) is 93.3 cm³/mol. The van der Waals surface area contributed by atoms with Crippen molar-refractivity contribution in [2.45, 2.75) is 58.0 Å². The molecule has 0 radical (unpaired) electrons. The van der Waals surface area contributed by atoms with E-state index in [1.807, 2.05) is 6.92 Å². The second-order valence-corrected chi connectivity index (χ2v) is 12.5. The fourth-order valence-electron chi connectivity index (χ4n) is 2.31. The first-order valence-corrected chi connectivity index (χ1v) is 10.8. The highest BCUT2D eigenvalue weighted by Crippen LogP contribution is 2.38. The number of anilines is 1. The Bertz CT molecular complexity index is 471. The Hall–Kier alpha value is -0.843. The van der Waals surface area contributed by atoms with Crippen LogP contribution in [0.15, 0.2) is 24.3 Å². The van der Waals surface area contributed by atoms with Crippen molar-refractivity contribution in [2.75, 3.05) is 18.0 Å². The molecule has 1 aromatic rings. The van der Waals surface area contributed by atoms with Crippen LogP contribution in [-0.2, 0) is 4.43 Å². The van der Waals surface area contributed by atoms with Crippen LogP contribution in [0.5, 0.6) is 0 Å². The third-order valence-electron chi connectivity index (χ3n) is 4.90. The second kappa shape index (κ2) is 5.74. The number of hydrogen-bond donors (Lipinski definition) is 1. The van der Waals surface area contributed by atoms with Crippen LogP contribution in [-0.4, -0.2) is 27.5 Å². The van der Waals surface area contributed by atoms with Crippen LogP contribution >= 0.6 is 0 Å². The van der Waals surface area contributed by atoms with Crippen LogP contribution in [0.25, 0.3) is 0 Å². The Morgan fingerprint density at radius 2 is 1.71 bits per heavy atom. The molecule has 1 atom stereocenters. The van der Waals surface area contributed by atoms with Crippen molar-refractivity contribution in [3.63, 3.8) is 0 Å². The molecule has 2 N–H and O–H groups in total. The van der Waals surface area contributed by atoms with Crippen molar-refractivity contribution >= 4 is 14.0 Å². The quantitative estimate of drug-likeness (QED) is 0.857. The summed E-state index contributed by atoms with van der Waals surface area (Å²) < 4.78 is 6.43. The van der Waals surface area contributed by atoms with Gasteiger partial charge in [-0.25, -0.2) is 0 Å². The highest BCUT2D eigenvalue weighted by Gasteiger charge is 2.41. The standard InChI is InChI=1S/C17H30N2OSi/c1-13(18)14-7-9-15(10-8-14)19-11-16(12-19)20-21(5,6)17(2,3)4/h7-10,13,16H,11-12,18H2,1-6H3. The number of nitrogens with zero attached hydrogens (tertiary/aromatic N) is 1. The zero-order valence-corrected chi connectivity index (χ0v) is 15.3. The van der Waals surface area contributed by atoms with E-state index in [0.717, 1.165) is 13.1 Å². The van der Waals surface area contributed by atoms with Crippen molar-refractivity contribution in [2.24, 2.45) is 5.73 Å². The Morgan fingerprint density at radius 3 is 2.14 bits per heavy atom. The minimum Gasteiger partial charge on any atom is -0.410 e. The van der Waals surface area contributed by atoms with E-state index in [1.54, 1.807) is 0 Å². The summed E-state index contributed by atoms with van der Waals surface area (Å²) in [6, 6.07) is 8.69. The van der Waals surface area contributed by atoms with Crippen LogP contribution in [0, 0.1) is 0 Å². The van der Waals surface area contributed by atoms with Crippen molar-refractivity contribution in [1.29, 1.82) is 0 Å². The van der Waals surface area contributed by atoms with Crippen molar-refractivity contribution in [3.05, 3.63) is 29.8 Å². The number of benzene rings is 1. The van der Waals surface area contributed by atoms with E-state index < -0.39 is 8.32 Å². The average Bonchev–Trinajstić information content (AvgIpc) is 2.32. The third-order valence-corrected chi connectivity index (χ3v) is 9.43. The van der Waals surface area contributed by atoms with Crippen molar-refractivity contribution in [1.82, 2.24) is 0 Å². The molecular formula is C17H30N2OSi. The molecule has 1 saturated heterocycles. The maximum Gasteiger partial charge on any atom is 0.192 e. The van der Waals surface area contributed by atoms with Gasteiger partial charge in [0, 0.05) is 24.8 Å². The average molecular weight is 307 g/mol. The molecule has 0 saturated carbocycles. The SMILES string of the molecule is CC(N)c1ccc(N2CC(O[Si](C)(C)C(C)(C)C)C2)cc1. The van der Waals surface area contributed by atoms with E-state index in [2.05, 4.69) is 63.0 Å². The summed E-state index contributed by atoms with van der Waals surface area (Å²) in [6.07, 6.45) is 0.388. The maximum absolute atomic E-state index is 6.43. The highest BCUT2D eigenvalue weighted by atomic mass is 28.4. The van der Waals surface area contributed by atoms with Crippen LogP contribution in [0.1, 0.15) is 39.3 Å². The van der Waals surface area contributed by atoms with Gasteiger partial charge in [0.1, 0.15) is 0 Å². The fraction of sp³-hybridized carbons (Fsp3) is 0.647. The van der Waals surface area contributed by atoms with Crippen LogP contribution in [0.4, 0.5) is 5.69 Å². The summed E-state index contributed by atoms with van der Waals surface area (Å²) in [5.41, 5.74) is 8.35. The lowest BCUT2D eigenvalue weighted by molar-refractivity contribution is 0.149. The van der Waals surface area contributed by atoms with Crippen LogP contribution in [0.3, 0.4) is 0 Å². The normalized spacial score (nSPS) is 18.5. The van der Waals surface area contributed by atoms with Gasteiger partial charge < -0.3 is 15.1 Å². The molecule has 1 aliphatic rings. The van der Waals surface area contributed by atoms with Gasteiger partial charge in [0.2, 0.25) is 0 Å². The van der Waals surface area contributed by atoms with E-state index in [1.165, 1.54) is 11.3 Å². The Labute approximate surface area is 130 Å². The first-order chi connectivity index (χ1) is 9.60. The lowest BCUT2D eigenvalue weighted by Crippen LogP contribution is -2.57. The van der Waals surface area contributed by atoms with E-state index in [-0.39, 0.29) is 11.1 Å². The molecule has 0 amide bonds. The monoisotopic (exact) mass is 306 g/mol. The van der Waals surface area contributed by atoms with Crippen molar-refractivity contribution < 1.29 is 4.43 Å². The molecule has 3 nitrogen and oxygen atoms in total. The van der Waals surface area contributed by atoms with Crippen LogP contribution in [0.2, 0.25) is 18.1 Å². The molecule has 1 aliphatic heterocycles. The van der Waals surface area contributed by atoms with Crippen molar-refractivity contribution in [3.8, 4) is 0 Å². The molecule has 0 bridgehead atoms. The van der Waals surface area contributed by atoms with Gasteiger partial charge in [0.05, 0.1) is 6.10 Å². The minimum absolute atomic E-state index is 0.102. The first-order valence-electron chi connectivity index (χ1n) is 7.88. The van der Waals surface area contributed by atoms with Gasteiger partial charge in [-0.3, -0.25) is 0 Å². The van der Waals surface area contributed by atoms with Gasteiger partial charge in [0.25, 0.3) is 0 Å². The van der Waals surface area contributed by atoms with Gasteiger partial charge in [-0.2, -0.15) is 0 Å². The Kier molecular flexibility index (Phi) is 4.52. The molecule has 0 aromatic heterocycles. The summed E-state index contributed by atoms with van der Waals surface area (Å²) in [5.74, 6) is 0. The summed E-state index contributed by atoms with van der Waals surface area (Å²) in [6.45, 7) is 15.6. The maximum atomic E-state index is 6.43. The zero-order chi connectivity index (χ0) is 15.8. The van der Waals surface area contributed by atoms with E-state index in [0.29, 0.717) is 6.10 Å². The summed E-state index contributed by atoms with van der Waals surface area (Å²) in [7, 11) is -1.64. The lowest BCUT2D eigenvalue weighted by atomic mass is 10.1. The Balaban J connectivity index is 1.89. The smallest absolute Gasteiger partial charge is 0.192 e. The fourth-order valence-corrected chi connectivity index (χ4v) is 3.64. The molecule has 1 fully saturated rings. The molecule has 1 heterocycles. The van der Waals surface area contributed by atoms with E-state index >= 15 is 0 Å². The van der Waals surface area contributed by atoms with Gasteiger partial charge in [-0.05, 0) is 42.8 Å². The summed E-state index contributed by atoms with van der Waals surface area (Å²) >= 11 is 0. The predicted octanol–water partition coefficient (Wildman–Crippen LogP) is 3.92. The van der Waals surface area contributed by atoms with Crippen LogP contribution < -0.4 is 10.6 Å². The Morgan fingerprint density at radius 1 is 1.19 bits per heavy atom. The van der Waals surface area contributed by atoms with Gasteiger partial charge >= 0.3 is 0 Å². The number of hydrogen-bond acceptors (Lipinski definition) is 3. The van der Waals surface area contributed by atoms with Gasteiger partial charge in [-0.1, -0.05) is 32.9 Å². The molecule has 4 heteroatoms. The zero-order valence-electron chi connectivity index (χ0n) is 14.3. The molecule has 1 aromatic carbocycles. The molecule has 2 rings (SSSR count). The third kappa shape index (κ3) is 3.68. The highest BCUT2D eigenvalue weighted by molar-refractivity contribution is 6.74. The first kappa shape index (κ1) is 16.5. The van der Waals surface area contributed by atoms with Gasteiger partial charge in [-0.15, -0.1) is 0 Å². The lowest BCUT2D eigenvalue weighted by Gasteiger charge is -2.47. The molecule has 1 unspecified atom stereocenters. The molecule has 0 aliphatic carbocycles. The van der Waals surface area contributed by atoms with Gasteiger partial charge in [0.15, 0.2) is 8.32 Å².